The van der Waals surface area contributed by atoms with Crippen LogP contribution < -0.4 is 0 Å². The normalized spacial score (nSPS) is 56.4. The number of hydrogen-bond acceptors (Lipinski definition) is 4. The summed E-state index contributed by atoms with van der Waals surface area (Å²) >= 11 is 0. The highest BCUT2D eigenvalue weighted by Crippen LogP contribution is 2.75. The number of aliphatic hydroxyl groups is 4. The summed E-state index contributed by atoms with van der Waals surface area (Å²) in [6.07, 6.45) is 10.4. The molecule has 10 atom stereocenters. The summed E-state index contributed by atoms with van der Waals surface area (Å²) in [6.45, 7) is 14.4. The van der Waals surface area contributed by atoms with E-state index in [9.17, 15) is 20.4 Å². The molecule has 0 radical (unpaired) electrons. The summed E-state index contributed by atoms with van der Waals surface area (Å²) in [5.74, 6) is 1.08. The average molecular weight is 475 g/mol. The predicted molar refractivity (Wildman–Crippen MR) is 135 cm³/mol. The Bertz CT molecular complexity index is 866. The van der Waals surface area contributed by atoms with Crippen molar-refractivity contribution in [2.75, 3.05) is 13.2 Å². The average Bonchev–Trinajstić information content (AvgIpc) is 2.77. The summed E-state index contributed by atoms with van der Waals surface area (Å²) in [4.78, 5) is 0. The molecule has 0 saturated heterocycles. The molecule has 0 aromatic rings. The van der Waals surface area contributed by atoms with E-state index in [0.29, 0.717) is 30.3 Å². The Balaban J connectivity index is 1.59. The van der Waals surface area contributed by atoms with E-state index < -0.39 is 17.6 Å². The number of fused-ring (bicyclic) bond motifs is 7. The quantitative estimate of drug-likeness (QED) is 0.421. The fraction of sp³-hybridized carbons (Fsp3) is 0.933. The summed E-state index contributed by atoms with van der Waals surface area (Å²) in [5, 5.41) is 43.0. The van der Waals surface area contributed by atoms with Crippen molar-refractivity contribution < 1.29 is 20.4 Å². The third-order valence-corrected chi connectivity index (χ3v) is 13.2. The van der Waals surface area contributed by atoms with Crippen molar-refractivity contribution in [3.63, 3.8) is 0 Å². The first-order valence-corrected chi connectivity index (χ1v) is 14.0. The highest BCUT2D eigenvalue weighted by molar-refractivity contribution is 5.34. The number of aliphatic hydroxyl groups excluding tert-OH is 4. The Labute approximate surface area is 207 Å². The van der Waals surface area contributed by atoms with Crippen LogP contribution in [-0.2, 0) is 0 Å². The fourth-order valence-corrected chi connectivity index (χ4v) is 10.8. The van der Waals surface area contributed by atoms with Gasteiger partial charge in [0.1, 0.15) is 0 Å². The maximum atomic E-state index is 11.0. The minimum absolute atomic E-state index is 0.0474. The van der Waals surface area contributed by atoms with Crippen molar-refractivity contribution in [1.29, 1.82) is 0 Å². The van der Waals surface area contributed by atoms with Gasteiger partial charge in [-0.25, -0.2) is 0 Å². The molecule has 5 aliphatic carbocycles. The Hall–Kier alpha value is -0.420. The molecule has 4 heteroatoms. The van der Waals surface area contributed by atoms with E-state index in [0.717, 1.165) is 38.5 Å². The molecule has 5 rings (SSSR count). The standard InChI is InChI=1S/C30H50O4/c1-25(2)11-13-30(18-32)14-12-28(5)19(20(30)15-25)7-8-23-26(3)16-21(33)24(34)27(4,17-31)22(26)9-10-29(23,28)6/h7,20-24,31-34H,8-18H2,1-6H3/t20-,21-,22+,23+,24-,26-,27-,28+,29+,30+/m0/s1. The molecular weight excluding hydrogens is 424 g/mol. The second-order valence-electron chi connectivity index (χ2n) is 15.1. The maximum absolute atomic E-state index is 11.0. The van der Waals surface area contributed by atoms with Gasteiger partial charge in [0, 0.05) is 17.4 Å². The summed E-state index contributed by atoms with van der Waals surface area (Å²) in [5.41, 5.74) is 1.42. The van der Waals surface area contributed by atoms with Crippen molar-refractivity contribution >= 4 is 0 Å². The second-order valence-corrected chi connectivity index (χ2v) is 15.1. The fourth-order valence-electron chi connectivity index (χ4n) is 10.8. The first kappa shape index (κ1) is 25.2. The van der Waals surface area contributed by atoms with Crippen LogP contribution in [0.3, 0.4) is 0 Å². The molecule has 4 nitrogen and oxygen atoms in total. The lowest BCUT2D eigenvalue weighted by atomic mass is 9.33. The Morgan fingerprint density at radius 3 is 2.15 bits per heavy atom. The second kappa shape index (κ2) is 7.55. The molecule has 194 valence electrons. The van der Waals surface area contributed by atoms with Crippen LogP contribution in [0.4, 0.5) is 0 Å². The Morgan fingerprint density at radius 1 is 0.824 bits per heavy atom. The van der Waals surface area contributed by atoms with Gasteiger partial charge < -0.3 is 20.4 Å². The van der Waals surface area contributed by atoms with Gasteiger partial charge in [-0.3, -0.25) is 0 Å². The van der Waals surface area contributed by atoms with Crippen LogP contribution in [0.25, 0.3) is 0 Å². The molecule has 0 aromatic carbocycles. The minimum Gasteiger partial charge on any atom is -0.396 e. The summed E-state index contributed by atoms with van der Waals surface area (Å²) in [7, 11) is 0. The first-order valence-electron chi connectivity index (χ1n) is 14.0. The topological polar surface area (TPSA) is 80.9 Å². The Kier molecular flexibility index (Phi) is 5.61. The van der Waals surface area contributed by atoms with Crippen molar-refractivity contribution in [2.24, 2.45) is 50.2 Å². The number of hydrogen-bond donors (Lipinski definition) is 4. The largest absolute Gasteiger partial charge is 0.396 e. The van der Waals surface area contributed by atoms with Crippen LogP contribution in [0.2, 0.25) is 0 Å². The lowest BCUT2D eigenvalue weighted by molar-refractivity contribution is -0.243. The van der Waals surface area contributed by atoms with Gasteiger partial charge in [0.2, 0.25) is 0 Å². The van der Waals surface area contributed by atoms with Crippen LogP contribution >= 0.6 is 0 Å². The summed E-state index contributed by atoms with van der Waals surface area (Å²) in [6, 6.07) is 0. The predicted octanol–water partition coefficient (Wildman–Crippen LogP) is 5.08. The van der Waals surface area contributed by atoms with Crippen LogP contribution in [0.1, 0.15) is 99.3 Å². The van der Waals surface area contributed by atoms with Crippen molar-refractivity contribution in [2.45, 2.75) is 112 Å². The lowest BCUT2D eigenvalue weighted by Crippen LogP contribution is -2.68. The van der Waals surface area contributed by atoms with E-state index in [1.807, 2.05) is 6.92 Å². The zero-order valence-corrected chi connectivity index (χ0v) is 22.5. The molecule has 0 spiro atoms. The molecule has 0 bridgehead atoms. The summed E-state index contributed by atoms with van der Waals surface area (Å²) < 4.78 is 0. The van der Waals surface area contributed by atoms with E-state index in [4.69, 9.17) is 0 Å². The molecule has 0 amide bonds. The van der Waals surface area contributed by atoms with E-state index in [1.54, 1.807) is 5.57 Å². The van der Waals surface area contributed by atoms with E-state index in [2.05, 4.69) is 40.7 Å². The van der Waals surface area contributed by atoms with Crippen molar-refractivity contribution in [3.8, 4) is 0 Å². The van der Waals surface area contributed by atoms with Gasteiger partial charge >= 0.3 is 0 Å². The monoisotopic (exact) mass is 474 g/mol. The molecular formula is C30H50O4. The van der Waals surface area contributed by atoms with Gasteiger partial charge in [0.15, 0.2) is 0 Å². The minimum atomic E-state index is -0.866. The van der Waals surface area contributed by atoms with Gasteiger partial charge in [-0.2, -0.15) is 0 Å². The SMILES string of the molecule is CC1(C)CC[C@]2(CO)CC[C@]3(C)C(=CC[C@@H]4[C@@]5(C)C[C@H](O)[C@H](O)[C@@](C)(CO)[C@@H]5CC[C@]43C)[C@@H]2C1. The molecule has 0 unspecified atom stereocenters. The molecule has 0 heterocycles. The van der Waals surface area contributed by atoms with Crippen molar-refractivity contribution in [3.05, 3.63) is 11.6 Å². The number of rotatable bonds is 2. The van der Waals surface area contributed by atoms with Crippen LogP contribution in [0.15, 0.2) is 11.6 Å². The zero-order valence-electron chi connectivity index (χ0n) is 22.5. The van der Waals surface area contributed by atoms with Crippen LogP contribution in [-0.4, -0.2) is 45.8 Å². The molecule has 34 heavy (non-hydrogen) atoms. The smallest absolute Gasteiger partial charge is 0.0877 e. The highest BCUT2D eigenvalue weighted by Gasteiger charge is 2.69. The molecule has 4 saturated carbocycles. The van der Waals surface area contributed by atoms with Gasteiger partial charge in [-0.1, -0.05) is 53.2 Å². The molecule has 0 aromatic heterocycles. The van der Waals surface area contributed by atoms with Gasteiger partial charge in [-0.05, 0) is 97.2 Å². The first-order chi connectivity index (χ1) is 15.7. The third kappa shape index (κ3) is 2.98. The molecule has 4 N–H and O–H groups in total. The van der Waals surface area contributed by atoms with Gasteiger partial charge in [0.05, 0.1) is 18.8 Å². The lowest BCUT2D eigenvalue weighted by Gasteiger charge is -2.71. The molecule has 0 aliphatic heterocycles. The maximum Gasteiger partial charge on any atom is 0.0877 e. The van der Waals surface area contributed by atoms with Crippen molar-refractivity contribution in [1.82, 2.24) is 0 Å². The molecule has 5 aliphatic rings. The van der Waals surface area contributed by atoms with E-state index in [1.165, 1.54) is 12.8 Å². The van der Waals surface area contributed by atoms with Crippen LogP contribution in [0, 0.1) is 50.2 Å². The third-order valence-electron chi connectivity index (χ3n) is 13.2. The van der Waals surface area contributed by atoms with Gasteiger partial charge in [-0.15, -0.1) is 0 Å². The van der Waals surface area contributed by atoms with Gasteiger partial charge in [0.25, 0.3) is 0 Å². The number of allylic oxidation sites excluding steroid dienone is 2. The van der Waals surface area contributed by atoms with E-state index in [-0.39, 0.29) is 34.2 Å². The Morgan fingerprint density at radius 2 is 1.50 bits per heavy atom. The highest BCUT2D eigenvalue weighted by atomic mass is 16.3. The van der Waals surface area contributed by atoms with Crippen LogP contribution in [0.5, 0.6) is 0 Å². The molecule has 4 fully saturated rings. The van der Waals surface area contributed by atoms with E-state index >= 15 is 0 Å². The zero-order chi connectivity index (χ0) is 24.9.